The van der Waals surface area contributed by atoms with Crippen LogP contribution in [0.1, 0.15) is 20.3 Å². The van der Waals surface area contributed by atoms with Crippen LogP contribution in [0.3, 0.4) is 0 Å². The summed E-state index contributed by atoms with van der Waals surface area (Å²) >= 11 is 0. The van der Waals surface area contributed by atoms with Gasteiger partial charge in [0.15, 0.2) is 0 Å². The summed E-state index contributed by atoms with van der Waals surface area (Å²) in [5.41, 5.74) is 0.0880. The third-order valence-electron chi connectivity index (χ3n) is 3.06. The van der Waals surface area contributed by atoms with E-state index in [0.29, 0.717) is 12.0 Å². The molecule has 0 aromatic heterocycles. The predicted molar refractivity (Wildman–Crippen MR) is 37.9 cm³/mol. The SMILES string of the molecule is CC[C@@]12CO[C@@H](CO1)[C@@H]2C. The molecule has 2 saturated heterocycles. The Morgan fingerprint density at radius 2 is 2.40 bits per heavy atom. The van der Waals surface area contributed by atoms with Gasteiger partial charge in [-0.15, -0.1) is 0 Å². The van der Waals surface area contributed by atoms with Crippen LogP contribution >= 0.6 is 0 Å². The summed E-state index contributed by atoms with van der Waals surface area (Å²) < 4.78 is 11.2. The van der Waals surface area contributed by atoms with Crippen molar-refractivity contribution >= 4 is 0 Å². The van der Waals surface area contributed by atoms with Gasteiger partial charge in [-0.05, 0) is 6.42 Å². The summed E-state index contributed by atoms with van der Waals surface area (Å²) in [6, 6.07) is 0. The Morgan fingerprint density at radius 1 is 1.60 bits per heavy atom. The van der Waals surface area contributed by atoms with Crippen molar-refractivity contribution in [1.29, 1.82) is 0 Å². The van der Waals surface area contributed by atoms with Crippen LogP contribution in [-0.4, -0.2) is 24.9 Å². The van der Waals surface area contributed by atoms with Gasteiger partial charge < -0.3 is 9.47 Å². The quantitative estimate of drug-likeness (QED) is 0.547. The van der Waals surface area contributed by atoms with Gasteiger partial charge in [0, 0.05) is 5.92 Å². The second-order valence-electron chi connectivity index (χ2n) is 3.37. The van der Waals surface area contributed by atoms with Crippen molar-refractivity contribution in [3.8, 4) is 0 Å². The zero-order valence-corrected chi connectivity index (χ0v) is 6.59. The lowest BCUT2D eigenvalue weighted by Gasteiger charge is -2.26. The van der Waals surface area contributed by atoms with Gasteiger partial charge in [-0.1, -0.05) is 13.8 Å². The summed E-state index contributed by atoms with van der Waals surface area (Å²) in [5.74, 6) is 0.609. The molecule has 2 aliphatic heterocycles. The van der Waals surface area contributed by atoms with E-state index in [-0.39, 0.29) is 5.60 Å². The Hall–Kier alpha value is -0.0800. The molecule has 2 fully saturated rings. The topological polar surface area (TPSA) is 18.5 Å². The molecule has 0 aromatic rings. The molecule has 0 unspecified atom stereocenters. The van der Waals surface area contributed by atoms with E-state index in [0.717, 1.165) is 19.6 Å². The second kappa shape index (κ2) is 1.95. The van der Waals surface area contributed by atoms with Gasteiger partial charge in [0.1, 0.15) is 0 Å². The molecule has 0 amide bonds. The van der Waals surface area contributed by atoms with E-state index in [1.807, 2.05) is 0 Å². The lowest BCUT2D eigenvalue weighted by molar-refractivity contribution is -0.0975. The highest BCUT2D eigenvalue weighted by atomic mass is 16.6. The Bertz CT molecular complexity index is 136. The average Bonchev–Trinajstić information content (AvgIpc) is 2.46. The van der Waals surface area contributed by atoms with Crippen LogP contribution in [0.4, 0.5) is 0 Å². The maximum Gasteiger partial charge on any atom is 0.0964 e. The zero-order valence-electron chi connectivity index (χ0n) is 6.59. The molecule has 2 rings (SSSR count). The summed E-state index contributed by atoms with van der Waals surface area (Å²) in [6.45, 7) is 6.03. The molecule has 0 aliphatic carbocycles. The highest BCUT2D eigenvalue weighted by Gasteiger charge is 2.52. The molecular weight excluding hydrogens is 128 g/mol. The van der Waals surface area contributed by atoms with E-state index in [2.05, 4.69) is 13.8 Å². The fourth-order valence-corrected chi connectivity index (χ4v) is 2.00. The highest BCUT2D eigenvalue weighted by Crippen LogP contribution is 2.42. The van der Waals surface area contributed by atoms with Gasteiger partial charge in [-0.25, -0.2) is 0 Å². The molecule has 3 atom stereocenters. The molecule has 0 radical (unpaired) electrons. The molecule has 0 N–H and O–H groups in total. The first-order valence-corrected chi connectivity index (χ1v) is 4.04. The van der Waals surface area contributed by atoms with Crippen LogP contribution in [0.5, 0.6) is 0 Å². The minimum atomic E-state index is 0.0880. The van der Waals surface area contributed by atoms with Gasteiger partial charge >= 0.3 is 0 Å². The molecule has 2 aliphatic rings. The van der Waals surface area contributed by atoms with Crippen LogP contribution in [0.25, 0.3) is 0 Å². The number of hydrogen-bond acceptors (Lipinski definition) is 2. The van der Waals surface area contributed by atoms with E-state index in [1.165, 1.54) is 0 Å². The Labute approximate surface area is 61.5 Å². The largest absolute Gasteiger partial charge is 0.372 e. The molecule has 2 heteroatoms. The Morgan fingerprint density at radius 3 is 2.60 bits per heavy atom. The monoisotopic (exact) mass is 142 g/mol. The summed E-state index contributed by atoms with van der Waals surface area (Å²) in [6.07, 6.45) is 1.48. The number of ether oxygens (including phenoxy) is 2. The first kappa shape index (κ1) is 6.62. The molecule has 10 heavy (non-hydrogen) atoms. The molecule has 2 nitrogen and oxygen atoms in total. The lowest BCUT2D eigenvalue weighted by Crippen LogP contribution is -2.34. The van der Waals surface area contributed by atoms with Gasteiger partial charge in [-0.3, -0.25) is 0 Å². The molecule has 0 spiro atoms. The van der Waals surface area contributed by atoms with E-state index in [1.54, 1.807) is 0 Å². The normalized spacial score (nSPS) is 52.2. The lowest BCUT2D eigenvalue weighted by atomic mass is 9.89. The molecule has 2 heterocycles. The van der Waals surface area contributed by atoms with Crippen LogP contribution in [0, 0.1) is 5.92 Å². The van der Waals surface area contributed by atoms with E-state index in [9.17, 15) is 0 Å². The van der Waals surface area contributed by atoms with Crippen LogP contribution in [0.15, 0.2) is 0 Å². The average molecular weight is 142 g/mol. The second-order valence-corrected chi connectivity index (χ2v) is 3.37. The molecular formula is C8H14O2. The zero-order chi connectivity index (χ0) is 7.19. The van der Waals surface area contributed by atoms with Crippen molar-refractivity contribution in [3.63, 3.8) is 0 Å². The molecule has 0 aromatic carbocycles. The standard InChI is InChI=1S/C8H14O2/c1-3-8-5-9-7(4-10-8)6(8)2/h6-7H,3-5H2,1-2H3/t6-,7-,8-/m0/s1. The van der Waals surface area contributed by atoms with Crippen molar-refractivity contribution < 1.29 is 9.47 Å². The van der Waals surface area contributed by atoms with Gasteiger partial charge in [0.25, 0.3) is 0 Å². The minimum absolute atomic E-state index is 0.0880. The number of rotatable bonds is 1. The fraction of sp³-hybridized carbons (Fsp3) is 1.00. The molecule has 2 bridgehead atoms. The van der Waals surface area contributed by atoms with Crippen molar-refractivity contribution in [1.82, 2.24) is 0 Å². The highest BCUT2D eigenvalue weighted by molar-refractivity contribution is 5.00. The summed E-state index contributed by atoms with van der Waals surface area (Å²) in [4.78, 5) is 0. The Balaban J connectivity index is 2.22. The first-order valence-electron chi connectivity index (χ1n) is 4.04. The van der Waals surface area contributed by atoms with Gasteiger partial charge in [0.2, 0.25) is 0 Å². The van der Waals surface area contributed by atoms with Crippen LogP contribution < -0.4 is 0 Å². The fourth-order valence-electron chi connectivity index (χ4n) is 2.00. The minimum Gasteiger partial charge on any atom is -0.372 e. The van der Waals surface area contributed by atoms with E-state index >= 15 is 0 Å². The summed E-state index contributed by atoms with van der Waals surface area (Å²) in [7, 11) is 0. The predicted octanol–water partition coefficient (Wildman–Crippen LogP) is 1.20. The van der Waals surface area contributed by atoms with Crippen molar-refractivity contribution in [2.75, 3.05) is 13.2 Å². The molecule has 0 saturated carbocycles. The van der Waals surface area contributed by atoms with Crippen molar-refractivity contribution in [2.45, 2.75) is 32.0 Å². The van der Waals surface area contributed by atoms with E-state index < -0.39 is 0 Å². The summed E-state index contributed by atoms with van der Waals surface area (Å²) in [5, 5.41) is 0. The maximum absolute atomic E-state index is 5.68. The number of fused-ring (bicyclic) bond motifs is 2. The third-order valence-corrected chi connectivity index (χ3v) is 3.06. The number of hydrogen-bond donors (Lipinski definition) is 0. The van der Waals surface area contributed by atoms with Crippen LogP contribution in [0.2, 0.25) is 0 Å². The maximum atomic E-state index is 5.68. The third kappa shape index (κ3) is 0.611. The Kier molecular flexibility index (Phi) is 1.29. The van der Waals surface area contributed by atoms with Gasteiger partial charge in [-0.2, -0.15) is 0 Å². The van der Waals surface area contributed by atoms with Crippen molar-refractivity contribution in [3.05, 3.63) is 0 Å². The smallest absolute Gasteiger partial charge is 0.0964 e. The van der Waals surface area contributed by atoms with E-state index in [4.69, 9.17) is 9.47 Å². The molecule has 58 valence electrons. The first-order chi connectivity index (χ1) is 4.78. The van der Waals surface area contributed by atoms with Gasteiger partial charge in [0.05, 0.1) is 24.9 Å². The van der Waals surface area contributed by atoms with Crippen LogP contribution in [-0.2, 0) is 9.47 Å². The van der Waals surface area contributed by atoms with Crippen molar-refractivity contribution in [2.24, 2.45) is 5.92 Å².